The Kier molecular flexibility index (Phi) is 3.27. The fourth-order valence-corrected chi connectivity index (χ4v) is 2.33. The van der Waals surface area contributed by atoms with Gasteiger partial charge in [-0.2, -0.15) is 0 Å². The molecule has 1 fully saturated rings. The fraction of sp³-hybridized carbons (Fsp3) is 0.462. The summed E-state index contributed by atoms with van der Waals surface area (Å²) in [6.45, 7) is 3.99. The number of aromatic amines is 1. The number of nitrogens with one attached hydrogen (secondary N) is 1. The van der Waals surface area contributed by atoms with Gasteiger partial charge in [-0.3, -0.25) is 14.6 Å². The minimum absolute atomic E-state index is 0.0568. The maximum Gasteiger partial charge on any atom is 0.266 e. The van der Waals surface area contributed by atoms with Crippen LogP contribution in [0, 0.1) is 6.92 Å². The van der Waals surface area contributed by atoms with Gasteiger partial charge in [0.1, 0.15) is 18.2 Å². The highest BCUT2D eigenvalue weighted by Crippen LogP contribution is 2.23. The first kappa shape index (κ1) is 12.9. The van der Waals surface area contributed by atoms with E-state index in [0.717, 1.165) is 23.8 Å². The van der Waals surface area contributed by atoms with Gasteiger partial charge >= 0.3 is 0 Å². The predicted molar refractivity (Wildman–Crippen MR) is 73.7 cm³/mol. The van der Waals surface area contributed by atoms with Gasteiger partial charge < -0.3 is 9.64 Å². The van der Waals surface area contributed by atoms with Crippen LogP contribution >= 0.6 is 0 Å². The van der Waals surface area contributed by atoms with Gasteiger partial charge in [-0.1, -0.05) is 0 Å². The largest absolute Gasteiger partial charge is 0.368 e. The van der Waals surface area contributed by atoms with E-state index in [-0.39, 0.29) is 11.7 Å². The molecule has 0 amide bonds. The molecule has 7 nitrogen and oxygen atoms in total. The van der Waals surface area contributed by atoms with E-state index < -0.39 is 0 Å². The number of aryl methyl sites for hydroxylation is 2. The smallest absolute Gasteiger partial charge is 0.266 e. The molecule has 1 atom stereocenters. The van der Waals surface area contributed by atoms with Gasteiger partial charge in [0.15, 0.2) is 0 Å². The summed E-state index contributed by atoms with van der Waals surface area (Å²) in [4.78, 5) is 22.1. The Morgan fingerprint density at radius 3 is 2.95 bits per heavy atom. The van der Waals surface area contributed by atoms with Gasteiger partial charge in [0.2, 0.25) is 0 Å². The molecular weight excluding hydrogens is 258 g/mol. The molecule has 2 aromatic rings. The summed E-state index contributed by atoms with van der Waals surface area (Å²) >= 11 is 0. The second-order valence-corrected chi connectivity index (χ2v) is 4.93. The van der Waals surface area contributed by atoms with Gasteiger partial charge in [0.25, 0.3) is 5.56 Å². The van der Waals surface area contributed by atoms with Gasteiger partial charge in [-0.15, -0.1) is 0 Å². The molecule has 106 valence electrons. The molecule has 2 aromatic heterocycles. The van der Waals surface area contributed by atoms with E-state index in [4.69, 9.17) is 4.74 Å². The number of hydrogen-bond donors (Lipinski definition) is 1. The minimum Gasteiger partial charge on any atom is -0.368 e. The average Bonchev–Trinajstić information content (AvgIpc) is 2.79. The van der Waals surface area contributed by atoms with Crippen LogP contribution in [0.1, 0.15) is 17.5 Å². The maximum atomic E-state index is 11.5. The summed E-state index contributed by atoms with van der Waals surface area (Å²) in [5.74, 6) is 0.893. The molecule has 0 aliphatic carbocycles. The lowest BCUT2D eigenvalue weighted by Crippen LogP contribution is -2.39. The SMILES string of the molecule is Cc1cc(N2CCOC(c3cc(=O)n(C)[nH]3)C2)ncn1. The zero-order valence-corrected chi connectivity index (χ0v) is 11.5. The second kappa shape index (κ2) is 5.09. The Labute approximate surface area is 116 Å². The summed E-state index contributed by atoms with van der Waals surface area (Å²) in [6.07, 6.45) is 1.42. The fourth-order valence-electron chi connectivity index (χ4n) is 2.33. The van der Waals surface area contributed by atoms with Crippen LogP contribution in [0.15, 0.2) is 23.3 Å². The van der Waals surface area contributed by atoms with Crippen LogP contribution in [0.2, 0.25) is 0 Å². The number of H-pyrrole nitrogens is 1. The molecule has 0 radical (unpaired) electrons. The average molecular weight is 275 g/mol. The summed E-state index contributed by atoms with van der Waals surface area (Å²) in [5.41, 5.74) is 1.68. The van der Waals surface area contributed by atoms with Crippen molar-refractivity contribution in [2.24, 2.45) is 7.05 Å². The lowest BCUT2D eigenvalue weighted by atomic mass is 10.2. The zero-order chi connectivity index (χ0) is 14.1. The van der Waals surface area contributed by atoms with Gasteiger partial charge in [-0.25, -0.2) is 9.97 Å². The van der Waals surface area contributed by atoms with E-state index in [1.54, 1.807) is 19.4 Å². The molecular formula is C13H17N5O2. The Bertz CT molecular complexity index is 663. The van der Waals surface area contributed by atoms with Crippen molar-refractivity contribution >= 4 is 5.82 Å². The molecule has 7 heteroatoms. The molecule has 0 saturated carbocycles. The Morgan fingerprint density at radius 2 is 2.25 bits per heavy atom. The number of nitrogens with zero attached hydrogens (tertiary/aromatic N) is 4. The monoisotopic (exact) mass is 275 g/mol. The van der Waals surface area contributed by atoms with Crippen LogP contribution in [-0.4, -0.2) is 39.4 Å². The summed E-state index contributed by atoms with van der Waals surface area (Å²) in [5, 5.41) is 3.02. The molecule has 0 spiro atoms. The molecule has 1 aliphatic heterocycles. The van der Waals surface area contributed by atoms with Gasteiger partial charge in [-0.05, 0) is 6.92 Å². The van der Waals surface area contributed by atoms with Gasteiger partial charge in [0, 0.05) is 31.4 Å². The van der Waals surface area contributed by atoms with Crippen molar-refractivity contribution < 1.29 is 4.74 Å². The third kappa shape index (κ3) is 2.44. The van der Waals surface area contributed by atoms with Crippen LogP contribution in [0.5, 0.6) is 0 Å². The van der Waals surface area contributed by atoms with Crippen molar-refractivity contribution in [3.8, 4) is 0 Å². The zero-order valence-electron chi connectivity index (χ0n) is 11.5. The van der Waals surface area contributed by atoms with E-state index in [1.807, 2.05) is 13.0 Å². The first-order valence-electron chi connectivity index (χ1n) is 6.54. The lowest BCUT2D eigenvalue weighted by molar-refractivity contribution is 0.0364. The predicted octanol–water partition coefficient (Wildman–Crippen LogP) is 0.390. The normalized spacial score (nSPS) is 19.3. The lowest BCUT2D eigenvalue weighted by Gasteiger charge is -2.33. The third-order valence-corrected chi connectivity index (χ3v) is 3.43. The van der Waals surface area contributed by atoms with Crippen molar-refractivity contribution in [2.45, 2.75) is 13.0 Å². The first-order chi connectivity index (χ1) is 9.63. The molecule has 0 aromatic carbocycles. The molecule has 20 heavy (non-hydrogen) atoms. The Balaban J connectivity index is 1.81. The van der Waals surface area contributed by atoms with Crippen molar-refractivity contribution in [3.63, 3.8) is 0 Å². The van der Waals surface area contributed by atoms with Crippen molar-refractivity contribution in [2.75, 3.05) is 24.6 Å². The van der Waals surface area contributed by atoms with E-state index >= 15 is 0 Å². The van der Waals surface area contributed by atoms with Crippen molar-refractivity contribution in [3.05, 3.63) is 40.2 Å². The summed E-state index contributed by atoms with van der Waals surface area (Å²) in [7, 11) is 1.69. The van der Waals surface area contributed by atoms with Crippen LogP contribution in [0.3, 0.4) is 0 Å². The highest BCUT2D eigenvalue weighted by atomic mass is 16.5. The minimum atomic E-state index is -0.145. The number of aromatic nitrogens is 4. The van der Waals surface area contributed by atoms with E-state index in [2.05, 4.69) is 20.0 Å². The molecule has 0 bridgehead atoms. The first-order valence-corrected chi connectivity index (χ1v) is 6.54. The van der Waals surface area contributed by atoms with Crippen LogP contribution in [0.25, 0.3) is 0 Å². The molecule has 1 unspecified atom stereocenters. The van der Waals surface area contributed by atoms with Crippen LogP contribution in [0.4, 0.5) is 5.82 Å². The maximum absolute atomic E-state index is 11.5. The van der Waals surface area contributed by atoms with Gasteiger partial charge in [0.05, 0.1) is 18.8 Å². The number of ether oxygens (including phenoxy) is 1. The second-order valence-electron chi connectivity index (χ2n) is 4.93. The number of hydrogen-bond acceptors (Lipinski definition) is 5. The van der Waals surface area contributed by atoms with Crippen LogP contribution < -0.4 is 10.5 Å². The number of anilines is 1. The quantitative estimate of drug-likeness (QED) is 0.858. The number of rotatable bonds is 2. The highest BCUT2D eigenvalue weighted by molar-refractivity contribution is 5.39. The van der Waals surface area contributed by atoms with E-state index in [9.17, 15) is 4.79 Å². The summed E-state index contributed by atoms with van der Waals surface area (Å²) in [6, 6.07) is 3.54. The van der Waals surface area contributed by atoms with Crippen molar-refractivity contribution in [1.29, 1.82) is 0 Å². The summed E-state index contributed by atoms with van der Waals surface area (Å²) < 4.78 is 7.20. The Morgan fingerprint density at radius 1 is 1.40 bits per heavy atom. The standard InChI is InChI=1S/C13H17N5O2/c1-9-5-12(15-8-14-9)18-3-4-20-11(7-18)10-6-13(19)17(2)16-10/h5-6,8,11,16H,3-4,7H2,1-2H3. The Hall–Kier alpha value is -2.15. The third-order valence-electron chi connectivity index (χ3n) is 3.43. The van der Waals surface area contributed by atoms with E-state index in [1.165, 1.54) is 4.68 Å². The van der Waals surface area contributed by atoms with Crippen molar-refractivity contribution in [1.82, 2.24) is 19.7 Å². The highest BCUT2D eigenvalue weighted by Gasteiger charge is 2.24. The van der Waals surface area contributed by atoms with E-state index in [0.29, 0.717) is 13.2 Å². The van der Waals surface area contributed by atoms with Crippen LogP contribution in [-0.2, 0) is 11.8 Å². The molecule has 3 rings (SSSR count). The molecule has 3 heterocycles. The number of morpholine rings is 1. The topological polar surface area (TPSA) is 76.0 Å². The molecule has 1 N–H and O–H groups in total. The molecule has 1 aliphatic rings. The molecule has 1 saturated heterocycles.